The van der Waals surface area contributed by atoms with E-state index in [4.69, 9.17) is 4.74 Å². The first-order valence-electron chi connectivity index (χ1n) is 13.4. The van der Waals surface area contributed by atoms with E-state index in [1.54, 1.807) is 0 Å². The maximum absolute atomic E-state index is 6.83. The van der Waals surface area contributed by atoms with Crippen molar-refractivity contribution in [2.45, 2.75) is 6.42 Å². The highest BCUT2D eigenvalue weighted by Gasteiger charge is 2.30. The van der Waals surface area contributed by atoms with E-state index < -0.39 is 0 Å². The van der Waals surface area contributed by atoms with Gasteiger partial charge in [0.25, 0.3) is 0 Å². The van der Waals surface area contributed by atoms with Gasteiger partial charge in [0.2, 0.25) is 0 Å². The molecular formula is C37H25NO. The highest BCUT2D eigenvalue weighted by Crippen LogP contribution is 2.55. The van der Waals surface area contributed by atoms with Crippen molar-refractivity contribution in [1.82, 2.24) is 0 Å². The zero-order valence-corrected chi connectivity index (χ0v) is 21.3. The molecular weight excluding hydrogens is 474 g/mol. The fourth-order valence-corrected chi connectivity index (χ4v) is 6.00. The summed E-state index contributed by atoms with van der Waals surface area (Å²) in [5.74, 6) is 1.82. The third kappa shape index (κ3) is 3.57. The molecule has 1 aliphatic carbocycles. The minimum absolute atomic E-state index is 0.852. The van der Waals surface area contributed by atoms with Gasteiger partial charge in [0.1, 0.15) is 0 Å². The second-order valence-corrected chi connectivity index (χ2v) is 10.2. The molecule has 0 amide bonds. The highest BCUT2D eigenvalue weighted by molar-refractivity contribution is 6.03. The SMILES string of the molecule is C1=Cc2cccc3cc4c(c(c23)C1)Oc1cc(-c2ccccc2)ccc1N4c1ccc(-c2ccccc2)cc1. The minimum atomic E-state index is 0.852. The van der Waals surface area contributed by atoms with E-state index in [1.165, 1.54) is 38.6 Å². The van der Waals surface area contributed by atoms with Crippen LogP contribution in [0, 0.1) is 0 Å². The lowest BCUT2D eigenvalue weighted by Gasteiger charge is -2.35. The standard InChI is InChI=1S/C37H25NO/c1-3-9-25(10-4-1)27-17-20-31(21-18-27)38-33-22-19-29(26-11-5-2-6-12-26)24-35(33)39-37-32-16-8-14-28-13-7-15-30(36(28)32)23-34(37)38/h1-15,17-24H,16H2. The Morgan fingerprint density at radius 1 is 0.564 bits per heavy atom. The van der Waals surface area contributed by atoms with Gasteiger partial charge in [-0.2, -0.15) is 0 Å². The number of rotatable bonds is 3. The van der Waals surface area contributed by atoms with Gasteiger partial charge in [0, 0.05) is 11.3 Å². The van der Waals surface area contributed by atoms with Gasteiger partial charge in [0.15, 0.2) is 11.5 Å². The molecule has 0 atom stereocenters. The van der Waals surface area contributed by atoms with Gasteiger partial charge in [-0.1, -0.05) is 109 Å². The number of anilines is 3. The van der Waals surface area contributed by atoms with Crippen LogP contribution >= 0.6 is 0 Å². The second-order valence-electron chi connectivity index (χ2n) is 10.2. The molecule has 0 N–H and O–H groups in total. The zero-order chi connectivity index (χ0) is 25.8. The van der Waals surface area contributed by atoms with Crippen LogP contribution in [0.3, 0.4) is 0 Å². The average Bonchev–Trinajstić information content (AvgIpc) is 3.01. The molecule has 0 bridgehead atoms. The van der Waals surface area contributed by atoms with E-state index in [1.807, 2.05) is 0 Å². The van der Waals surface area contributed by atoms with Crippen molar-refractivity contribution in [3.63, 3.8) is 0 Å². The molecule has 6 aromatic carbocycles. The summed E-state index contributed by atoms with van der Waals surface area (Å²) in [6.45, 7) is 0. The molecule has 0 radical (unpaired) electrons. The van der Waals surface area contributed by atoms with E-state index in [9.17, 15) is 0 Å². The quantitative estimate of drug-likeness (QED) is 0.240. The zero-order valence-electron chi connectivity index (χ0n) is 21.3. The van der Waals surface area contributed by atoms with Crippen LogP contribution in [0.1, 0.15) is 11.1 Å². The number of hydrogen-bond acceptors (Lipinski definition) is 2. The first-order valence-corrected chi connectivity index (χ1v) is 13.4. The van der Waals surface area contributed by atoms with Crippen molar-refractivity contribution in [1.29, 1.82) is 0 Å². The van der Waals surface area contributed by atoms with Crippen molar-refractivity contribution < 1.29 is 4.74 Å². The molecule has 0 spiro atoms. The van der Waals surface area contributed by atoms with Gasteiger partial charge in [-0.3, -0.25) is 0 Å². The van der Waals surface area contributed by atoms with E-state index in [-0.39, 0.29) is 0 Å². The van der Waals surface area contributed by atoms with Gasteiger partial charge in [-0.05, 0) is 75.3 Å². The maximum atomic E-state index is 6.83. The van der Waals surface area contributed by atoms with Crippen molar-refractivity contribution in [3.05, 3.63) is 145 Å². The third-order valence-corrected chi connectivity index (χ3v) is 7.84. The maximum Gasteiger partial charge on any atom is 0.155 e. The molecule has 2 heteroatoms. The molecule has 0 fully saturated rings. The fraction of sp³-hybridized carbons (Fsp3) is 0.0270. The molecule has 2 aliphatic rings. The van der Waals surface area contributed by atoms with Crippen LogP contribution < -0.4 is 9.64 Å². The third-order valence-electron chi connectivity index (χ3n) is 7.84. The summed E-state index contributed by atoms with van der Waals surface area (Å²) in [5.41, 5.74) is 10.5. The molecule has 0 saturated heterocycles. The van der Waals surface area contributed by atoms with Gasteiger partial charge in [-0.15, -0.1) is 0 Å². The van der Waals surface area contributed by atoms with Crippen LogP contribution in [-0.4, -0.2) is 0 Å². The predicted molar refractivity (Wildman–Crippen MR) is 162 cm³/mol. The van der Waals surface area contributed by atoms with Crippen LogP contribution in [-0.2, 0) is 6.42 Å². The van der Waals surface area contributed by atoms with E-state index in [0.717, 1.165) is 40.5 Å². The number of ether oxygens (including phenoxy) is 1. The van der Waals surface area contributed by atoms with Gasteiger partial charge in [0.05, 0.1) is 11.4 Å². The highest BCUT2D eigenvalue weighted by atomic mass is 16.5. The van der Waals surface area contributed by atoms with E-state index >= 15 is 0 Å². The molecule has 8 rings (SSSR count). The van der Waals surface area contributed by atoms with Gasteiger partial charge < -0.3 is 9.64 Å². The van der Waals surface area contributed by atoms with Crippen molar-refractivity contribution in [2.24, 2.45) is 0 Å². The molecule has 6 aromatic rings. The molecule has 2 nitrogen and oxygen atoms in total. The Balaban J connectivity index is 1.34. The number of fused-ring (bicyclic) bond motifs is 3. The average molecular weight is 500 g/mol. The lowest BCUT2D eigenvalue weighted by molar-refractivity contribution is 0.473. The van der Waals surface area contributed by atoms with Gasteiger partial charge in [-0.25, -0.2) is 0 Å². The van der Waals surface area contributed by atoms with E-state index in [2.05, 4.69) is 144 Å². The monoisotopic (exact) mass is 499 g/mol. The summed E-state index contributed by atoms with van der Waals surface area (Å²) >= 11 is 0. The molecule has 1 aliphatic heterocycles. The Morgan fingerprint density at radius 3 is 2.03 bits per heavy atom. The molecule has 0 saturated carbocycles. The molecule has 184 valence electrons. The largest absolute Gasteiger partial charge is 0.453 e. The van der Waals surface area contributed by atoms with Crippen LogP contribution in [0.5, 0.6) is 11.5 Å². The predicted octanol–water partition coefficient (Wildman–Crippen LogP) is 10.3. The number of benzene rings is 6. The fourth-order valence-electron chi connectivity index (χ4n) is 6.00. The Hall–Kier alpha value is -5.08. The van der Waals surface area contributed by atoms with Crippen molar-refractivity contribution in [2.75, 3.05) is 4.90 Å². The summed E-state index contributed by atoms with van der Waals surface area (Å²) in [4.78, 5) is 2.36. The summed E-state index contributed by atoms with van der Waals surface area (Å²) < 4.78 is 6.83. The van der Waals surface area contributed by atoms with Crippen LogP contribution in [0.25, 0.3) is 39.1 Å². The topological polar surface area (TPSA) is 12.5 Å². The molecule has 39 heavy (non-hydrogen) atoms. The number of hydrogen-bond donors (Lipinski definition) is 0. The van der Waals surface area contributed by atoms with Crippen molar-refractivity contribution in [3.8, 4) is 33.8 Å². The number of allylic oxidation sites excluding steroid dienone is 1. The van der Waals surface area contributed by atoms with Crippen molar-refractivity contribution >= 4 is 33.9 Å². The van der Waals surface area contributed by atoms with E-state index in [0.29, 0.717) is 0 Å². The molecule has 1 heterocycles. The summed E-state index contributed by atoms with van der Waals surface area (Å²) in [5, 5.41) is 2.53. The summed E-state index contributed by atoms with van der Waals surface area (Å²) in [6, 6.07) is 45.3. The summed E-state index contributed by atoms with van der Waals surface area (Å²) in [7, 11) is 0. The second kappa shape index (κ2) is 8.75. The smallest absolute Gasteiger partial charge is 0.155 e. The van der Waals surface area contributed by atoms with Crippen LogP contribution in [0.15, 0.2) is 133 Å². The minimum Gasteiger partial charge on any atom is -0.453 e. The Bertz CT molecular complexity index is 1890. The Morgan fingerprint density at radius 2 is 1.26 bits per heavy atom. The van der Waals surface area contributed by atoms with Gasteiger partial charge >= 0.3 is 0 Å². The Kier molecular flexibility index (Phi) is 4.92. The first kappa shape index (κ1) is 22.0. The molecule has 0 unspecified atom stereocenters. The number of nitrogens with zero attached hydrogens (tertiary/aromatic N) is 1. The van der Waals surface area contributed by atoms with Crippen LogP contribution in [0.4, 0.5) is 17.1 Å². The normalized spacial score (nSPS) is 13.1. The van der Waals surface area contributed by atoms with Crippen LogP contribution in [0.2, 0.25) is 0 Å². The lowest BCUT2D eigenvalue weighted by Crippen LogP contribution is -2.17. The first-order chi connectivity index (χ1) is 19.3. The lowest BCUT2D eigenvalue weighted by atomic mass is 9.90. The molecule has 0 aromatic heterocycles. The Labute approximate surface area is 228 Å². The summed E-state index contributed by atoms with van der Waals surface area (Å²) in [6.07, 6.45) is 5.33.